The van der Waals surface area contributed by atoms with E-state index in [1.54, 1.807) is 30.3 Å². The van der Waals surface area contributed by atoms with Crippen molar-refractivity contribution in [2.75, 3.05) is 19.4 Å². The van der Waals surface area contributed by atoms with Crippen molar-refractivity contribution < 1.29 is 27.2 Å². The molecule has 0 spiro atoms. The maximum absolute atomic E-state index is 12.0. The first-order valence-electron chi connectivity index (χ1n) is 6.39. The molecule has 1 fully saturated rings. The van der Waals surface area contributed by atoms with Crippen molar-refractivity contribution in [1.82, 2.24) is 5.32 Å². The standard InChI is InChI=1S/C13H17NO6S/c1-21(17,18)20-12-10(8-15)14-7-11(12)19-13(16)9-5-3-2-4-6-9/h2-6,10-12,14-15H,7-8H2,1H3/t10-,11+,12-/m0/s1. The number of carbonyl (C=O) groups excluding carboxylic acids is 1. The van der Waals surface area contributed by atoms with Crippen LogP contribution in [0.2, 0.25) is 0 Å². The molecule has 7 nitrogen and oxygen atoms in total. The number of hydrogen-bond acceptors (Lipinski definition) is 7. The van der Waals surface area contributed by atoms with Gasteiger partial charge < -0.3 is 15.2 Å². The molecule has 116 valence electrons. The number of carbonyl (C=O) groups is 1. The van der Waals surface area contributed by atoms with Crippen LogP contribution in [0.4, 0.5) is 0 Å². The first-order valence-corrected chi connectivity index (χ1v) is 8.21. The third-order valence-corrected chi connectivity index (χ3v) is 3.67. The van der Waals surface area contributed by atoms with E-state index >= 15 is 0 Å². The highest BCUT2D eigenvalue weighted by molar-refractivity contribution is 7.86. The van der Waals surface area contributed by atoms with E-state index in [1.807, 2.05) is 0 Å². The van der Waals surface area contributed by atoms with E-state index in [-0.39, 0.29) is 13.2 Å². The Balaban J connectivity index is 2.09. The second-order valence-corrected chi connectivity index (χ2v) is 6.37. The number of ether oxygens (including phenoxy) is 1. The molecule has 1 aliphatic rings. The zero-order valence-corrected chi connectivity index (χ0v) is 12.2. The van der Waals surface area contributed by atoms with Gasteiger partial charge in [0.2, 0.25) is 0 Å². The zero-order valence-electron chi connectivity index (χ0n) is 11.4. The third kappa shape index (κ3) is 4.24. The number of aliphatic hydroxyl groups excluding tert-OH is 1. The SMILES string of the molecule is CS(=O)(=O)O[C@H]1[C@H](CO)NC[C@H]1OC(=O)c1ccccc1. The minimum absolute atomic E-state index is 0.212. The minimum atomic E-state index is -3.73. The molecule has 0 bridgehead atoms. The lowest BCUT2D eigenvalue weighted by Gasteiger charge is -2.21. The molecule has 21 heavy (non-hydrogen) atoms. The molecule has 0 saturated carbocycles. The Morgan fingerprint density at radius 3 is 2.62 bits per heavy atom. The molecule has 3 atom stereocenters. The predicted molar refractivity (Wildman–Crippen MR) is 74.2 cm³/mol. The topological polar surface area (TPSA) is 102 Å². The minimum Gasteiger partial charge on any atom is -0.455 e. The van der Waals surface area contributed by atoms with E-state index in [4.69, 9.17) is 8.92 Å². The van der Waals surface area contributed by atoms with Crippen LogP contribution in [0.1, 0.15) is 10.4 Å². The largest absolute Gasteiger partial charge is 0.455 e. The molecular weight excluding hydrogens is 298 g/mol. The molecule has 1 aromatic rings. The monoisotopic (exact) mass is 315 g/mol. The van der Waals surface area contributed by atoms with Crippen molar-refractivity contribution in [3.63, 3.8) is 0 Å². The van der Waals surface area contributed by atoms with Gasteiger partial charge in [0.25, 0.3) is 10.1 Å². The summed E-state index contributed by atoms with van der Waals surface area (Å²) in [6, 6.07) is 7.76. The van der Waals surface area contributed by atoms with Gasteiger partial charge >= 0.3 is 5.97 Å². The lowest BCUT2D eigenvalue weighted by atomic mass is 10.1. The molecule has 0 aliphatic carbocycles. The van der Waals surface area contributed by atoms with Crippen LogP contribution in [0.5, 0.6) is 0 Å². The van der Waals surface area contributed by atoms with Crippen molar-refractivity contribution in [3.05, 3.63) is 35.9 Å². The summed E-state index contributed by atoms with van der Waals surface area (Å²) < 4.78 is 32.8. The summed E-state index contributed by atoms with van der Waals surface area (Å²) >= 11 is 0. The third-order valence-electron chi connectivity index (χ3n) is 3.09. The number of aliphatic hydroxyl groups is 1. The van der Waals surface area contributed by atoms with Gasteiger partial charge in [-0.2, -0.15) is 8.42 Å². The quantitative estimate of drug-likeness (QED) is 0.559. The smallest absolute Gasteiger partial charge is 0.338 e. The summed E-state index contributed by atoms with van der Waals surface area (Å²) in [5, 5.41) is 12.1. The lowest BCUT2D eigenvalue weighted by molar-refractivity contribution is 0.00164. The Morgan fingerprint density at radius 1 is 1.38 bits per heavy atom. The number of benzene rings is 1. The Morgan fingerprint density at radius 2 is 2.05 bits per heavy atom. The van der Waals surface area contributed by atoms with Crippen LogP contribution in [0.15, 0.2) is 30.3 Å². The fraction of sp³-hybridized carbons (Fsp3) is 0.462. The highest BCUT2D eigenvalue weighted by Gasteiger charge is 2.41. The normalized spacial score (nSPS) is 25.7. The summed E-state index contributed by atoms with van der Waals surface area (Å²) in [5.74, 6) is -0.567. The van der Waals surface area contributed by atoms with Crippen molar-refractivity contribution >= 4 is 16.1 Å². The Labute approximate surface area is 123 Å². The fourth-order valence-electron chi connectivity index (χ4n) is 2.15. The molecule has 8 heteroatoms. The van der Waals surface area contributed by atoms with Gasteiger partial charge in [0.1, 0.15) is 12.2 Å². The Hall–Kier alpha value is -1.48. The molecule has 2 rings (SSSR count). The van der Waals surface area contributed by atoms with Crippen LogP contribution >= 0.6 is 0 Å². The Kier molecular flexibility index (Phi) is 4.94. The van der Waals surface area contributed by atoms with Crippen LogP contribution in [-0.2, 0) is 19.0 Å². The summed E-state index contributed by atoms with van der Waals surface area (Å²) in [5.41, 5.74) is 0.364. The summed E-state index contributed by atoms with van der Waals surface area (Å²) in [7, 11) is -3.73. The molecule has 2 N–H and O–H groups in total. The highest BCUT2D eigenvalue weighted by Crippen LogP contribution is 2.19. The zero-order chi connectivity index (χ0) is 15.5. The molecule has 0 radical (unpaired) electrons. The second-order valence-electron chi connectivity index (χ2n) is 4.77. The maximum Gasteiger partial charge on any atom is 0.338 e. The fourth-order valence-corrected chi connectivity index (χ4v) is 2.81. The molecule has 0 aromatic heterocycles. The number of hydrogen-bond donors (Lipinski definition) is 2. The van der Waals surface area contributed by atoms with Crippen LogP contribution in [-0.4, -0.2) is 57.2 Å². The van der Waals surface area contributed by atoms with Crippen LogP contribution < -0.4 is 5.32 Å². The van der Waals surface area contributed by atoms with Gasteiger partial charge in [-0.05, 0) is 12.1 Å². The van der Waals surface area contributed by atoms with E-state index in [0.29, 0.717) is 5.56 Å². The van der Waals surface area contributed by atoms with Crippen LogP contribution in [0.3, 0.4) is 0 Å². The summed E-state index contributed by atoms with van der Waals surface area (Å²) in [6.45, 7) is -0.108. The van der Waals surface area contributed by atoms with E-state index < -0.39 is 34.3 Å². The predicted octanol–water partition coefficient (Wildman–Crippen LogP) is -0.479. The summed E-state index contributed by atoms with van der Waals surface area (Å²) in [6.07, 6.45) is -0.822. The number of esters is 1. The number of nitrogens with one attached hydrogen (secondary N) is 1. The van der Waals surface area contributed by atoms with Gasteiger partial charge in [-0.3, -0.25) is 4.18 Å². The van der Waals surface area contributed by atoms with Gasteiger partial charge in [0.15, 0.2) is 0 Å². The van der Waals surface area contributed by atoms with Crippen molar-refractivity contribution in [3.8, 4) is 0 Å². The first-order chi connectivity index (χ1) is 9.90. The van der Waals surface area contributed by atoms with Gasteiger partial charge in [0.05, 0.1) is 24.5 Å². The average Bonchev–Trinajstić information content (AvgIpc) is 2.80. The van der Waals surface area contributed by atoms with E-state index in [2.05, 4.69) is 5.32 Å². The average molecular weight is 315 g/mol. The van der Waals surface area contributed by atoms with E-state index in [0.717, 1.165) is 6.26 Å². The number of rotatable bonds is 5. The van der Waals surface area contributed by atoms with Crippen molar-refractivity contribution in [2.24, 2.45) is 0 Å². The molecule has 1 aliphatic heterocycles. The summed E-state index contributed by atoms with van der Waals surface area (Å²) in [4.78, 5) is 12.0. The molecule has 1 saturated heterocycles. The van der Waals surface area contributed by atoms with Crippen molar-refractivity contribution in [1.29, 1.82) is 0 Å². The maximum atomic E-state index is 12.0. The highest BCUT2D eigenvalue weighted by atomic mass is 32.2. The van der Waals surface area contributed by atoms with E-state index in [9.17, 15) is 18.3 Å². The molecular formula is C13H17NO6S. The van der Waals surface area contributed by atoms with Gasteiger partial charge in [-0.15, -0.1) is 0 Å². The lowest BCUT2D eigenvalue weighted by Crippen LogP contribution is -2.41. The molecule has 0 amide bonds. The van der Waals surface area contributed by atoms with Gasteiger partial charge in [-0.25, -0.2) is 4.79 Å². The molecule has 1 aromatic carbocycles. The van der Waals surface area contributed by atoms with Crippen molar-refractivity contribution in [2.45, 2.75) is 18.2 Å². The van der Waals surface area contributed by atoms with Crippen LogP contribution in [0.25, 0.3) is 0 Å². The van der Waals surface area contributed by atoms with Crippen LogP contribution in [0, 0.1) is 0 Å². The molecule has 0 unspecified atom stereocenters. The first kappa shape index (κ1) is 15.9. The second kappa shape index (κ2) is 6.52. The van der Waals surface area contributed by atoms with Gasteiger partial charge in [0, 0.05) is 6.54 Å². The van der Waals surface area contributed by atoms with E-state index in [1.165, 1.54) is 0 Å². The van der Waals surface area contributed by atoms with Gasteiger partial charge in [-0.1, -0.05) is 18.2 Å². The molecule has 1 heterocycles. The Bertz CT molecular complexity index is 588.